The summed E-state index contributed by atoms with van der Waals surface area (Å²) in [5.74, 6) is 0.140. The Hall–Kier alpha value is -0.610. The molecule has 2 atom stereocenters. The number of aliphatic hydroxyl groups is 1. The van der Waals surface area contributed by atoms with Crippen molar-refractivity contribution in [3.63, 3.8) is 0 Å². The molecule has 1 heterocycles. The Bertz CT molecular complexity index is 251. The number of hydrogen-bond donors (Lipinski definition) is 1. The van der Waals surface area contributed by atoms with Gasteiger partial charge in [-0.3, -0.25) is 9.69 Å². The number of carbonyl (C=O) groups excluding carboxylic acids is 1. The third-order valence-electron chi connectivity index (χ3n) is 3.44. The van der Waals surface area contributed by atoms with Gasteiger partial charge in [-0.25, -0.2) is 0 Å². The van der Waals surface area contributed by atoms with E-state index in [1.54, 1.807) is 19.0 Å². The van der Waals surface area contributed by atoms with Crippen molar-refractivity contribution in [2.75, 3.05) is 27.2 Å². The molecule has 1 N–H and O–H groups in total. The lowest BCUT2D eigenvalue weighted by atomic mass is 9.98. The summed E-state index contributed by atoms with van der Waals surface area (Å²) in [6, 6.07) is -0.0797. The minimum atomic E-state index is -0.560. The van der Waals surface area contributed by atoms with Crippen molar-refractivity contribution in [2.24, 2.45) is 0 Å². The number of nitrogens with zero attached hydrogens (tertiary/aromatic N) is 2. The number of likely N-dealkylation sites (tertiary alicyclic amines) is 1. The first-order valence-electron chi connectivity index (χ1n) is 6.01. The zero-order valence-corrected chi connectivity index (χ0v) is 10.9. The van der Waals surface area contributed by atoms with E-state index in [2.05, 4.69) is 4.90 Å². The van der Waals surface area contributed by atoms with E-state index in [4.69, 9.17) is 0 Å². The van der Waals surface area contributed by atoms with Crippen LogP contribution in [0, 0.1) is 0 Å². The van der Waals surface area contributed by atoms with Crippen LogP contribution in [0.1, 0.15) is 33.1 Å². The van der Waals surface area contributed by atoms with Crippen molar-refractivity contribution >= 4 is 5.91 Å². The van der Waals surface area contributed by atoms with E-state index >= 15 is 0 Å². The van der Waals surface area contributed by atoms with Gasteiger partial charge < -0.3 is 10.0 Å². The van der Waals surface area contributed by atoms with Crippen molar-refractivity contribution in [2.45, 2.75) is 44.8 Å². The van der Waals surface area contributed by atoms with Crippen LogP contribution < -0.4 is 0 Å². The SMILES string of the molecule is CC(C(=O)N(C)C)N1CCCC(C)(O)CC1. The van der Waals surface area contributed by atoms with E-state index in [0.29, 0.717) is 0 Å². The molecule has 4 heteroatoms. The molecular formula is C12H24N2O2. The highest BCUT2D eigenvalue weighted by molar-refractivity contribution is 5.80. The average molecular weight is 228 g/mol. The van der Waals surface area contributed by atoms with Gasteiger partial charge in [-0.1, -0.05) is 0 Å². The molecule has 0 saturated carbocycles. The molecule has 4 nitrogen and oxygen atoms in total. The average Bonchev–Trinajstić information content (AvgIpc) is 2.37. The number of hydrogen-bond acceptors (Lipinski definition) is 3. The normalized spacial score (nSPS) is 29.6. The zero-order valence-electron chi connectivity index (χ0n) is 10.9. The first-order chi connectivity index (χ1) is 7.33. The molecule has 0 aromatic heterocycles. The van der Waals surface area contributed by atoms with Gasteiger partial charge in [-0.05, 0) is 39.7 Å². The van der Waals surface area contributed by atoms with Gasteiger partial charge in [0.05, 0.1) is 11.6 Å². The summed E-state index contributed by atoms with van der Waals surface area (Å²) in [5, 5.41) is 9.98. The van der Waals surface area contributed by atoms with Gasteiger partial charge in [0.25, 0.3) is 0 Å². The lowest BCUT2D eigenvalue weighted by Gasteiger charge is -2.29. The summed E-state index contributed by atoms with van der Waals surface area (Å²) < 4.78 is 0. The smallest absolute Gasteiger partial charge is 0.239 e. The maximum absolute atomic E-state index is 11.8. The van der Waals surface area contributed by atoms with Crippen LogP contribution in [0.2, 0.25) is 0 Å². The van der Waals surface area contributed by atoms with E-state index < -0.39 is 5.60 Å². The van der Waals surface area contributed by atoms with Crippen LogP contribution >= 0.6 is 0 Å². The minimum Gasteiger partial charge on any atom is -0.390 e. The molecular weight excluding hydrogens is 204 g/mol. The van der Waals surface area contributed by atoms with Crippen molar-refractivity contribution in [1.82, 2.24) is 9.80 Å². The molecule has 1 aliphatic rings. The van der Waals surface area contributed by atoms with Crippen LogP contribution in [0.4, 0.5) is 0 Å². The first kappa shape index (κ1) is 13.5. The molecule has 94 valence electrons. The van der Waals surface area contributed by atoms with E-state index in [0.717, 1.165) is 32.4 Å². The van der Waals surface area contributed by atoms with E-state index in [1.807, 2.05) is 13.8 Å². The summed E-state index contributed by atoms with van der Waals surface area (Å²) in [4.78, 5) is 15.6. The molecule has 0 bridgehead atoms. The molecule has 1 rings (SSSR count). The van der Waals surface area contributed by atoms with Crippen LogP contribution in [-0.2, 0) is 4.79 Å². The quantitative estimate of drug-likeness (QED) is 0.756. The first-order valence-corrected chi connectivity index (χ1v) is 6.01. The monoisotopic (exact) mass is 228 g/mol. The van der Waals surface area contributed by atoms with E-state index in [9.17, 15) is 9.90 Å². The van der Waals surface area contributed by atoms with Crippen molar-refractivity contribution in [3.8, 4) is 0 Å². The second-order valence-electron chi connectivity index (χ2n) is 5.30. The minimum absolute atomic E-state index is 0.0797. The molecule has 0 aromatic rings. The number of carbonyl (C=O) groups is 1. The molecule has 1 fully saturated rings. The molecule has 16 heavy (non-hydrogen) atoms. The maximum atomic E-state index is 11.8. The fourth-order valence-electron chi connectivity index (χ4n) is 2.20. The Kier molecular flexibility index (Phi) is 4.33. The van der Waals surface area contributed by atoms with Crippen LogP contribution in [0.25, 0.3) is 0 Å². The predicted molar refractivity (Wildman–Crippen MR) is 64.2 cm³/mol. The van der Waals surface area contributed by atoms with Gasteiger partial charge in [0.2, 0.25) is 5.91 Å². The van der Waals surface area contributed by atoms with Gasteiger partial charge >= 0.3 is 0 Å². The number of likely N-dealkylation sites (N-methyl/N-ethyl adjacent to an activating group) is 1. The predicted octanol–water partition coefficient (Wildman–Crippen LogP) is 0.700. The Balaban J connectivity index is 2.58. The molecule has 1 amide bonds. The van der Waals surface area contributed by atoms with E-state index in [1.165, 1.54) is 0 Å². The molecule has 0 spiro atoms. The van der Waals surface area contributed by atoms with Gasteiger partial charge in [0.1, 0.15) is 0 Å². The van der Waals surface area contributed by atoms with Crippen LogP contribution in [0.3, 0.4) is 0 Å². The van der Waals surface area contributed by atoms with Crippen LogP contribution in [0.5, 0.6) is 0 Å². The summed E-state index contributed by atoms with van der Waals surface area (Å²) in [6.45, 7) is 5.53. The van der Waals surface area contributed by atoms with E-state index in [-0.39, 0.29) is 11.9 Å². The molecule has 1 aliphatic heterocycles. The third kappa shape index (κ3) is 3.46. The Labute approximate surface area is 98.2 Å². The summed E-state index contributed by atoms with van der Waals surface area (Å²) in [5.41, 5.74) is -0.560. The number of amides is 1. The van der Waals surface area contributed by atoms with Gasteiger partial charge in [-0.2, -0.15) is 0 Å². The molecule has 2 unspecified atom stereocenters. The molecule has 0 aliphatic carbocycles. The summed E-state index contributed by atoms with van der Waals surface area (Å²) >= 11 is 0. The van der Waals surface area contributed by atoms with Gasteiger partial charge in [-0.15, -0.1) is 0 Å². The van der Waals surface area contributed by atoms with Crippen LogP contribution in [-0.4, -0.2) is 59.6 Å². The fourth-order valence-corrected chi connectivity index (χ4v) is 2.20. The zero-order chi connectivity index (χ0) is 12.3. The van der Waals surface area contributed by atoms with Crippen molar-refractivity contribution in [1.29, 1.82) is 0 Å². The molecule has 0 aromatic carbocycles. The highest BCUT2D eigenvalue weighted by Gasteiger charge is 2.29. The second kappa shape index (κ2) is 5.15. The van der Waals surface area contributed by atoms with Gasteiger partial charge in [0, 0.05) is 20.6 Å². The highest BCUT2D eigenvalue weighted by atomic mass is 16.3. The number of rotatable bonds is 2. The maximum Gasteiger partial charge on any atom is 0.239 e. The van der Waals surface area contributed by atoms with Crippen LogP contribution in [0.15, 0.2) is 0 Å². The second-order valence-corrected chi connectivity index (χ2v) is 5.30. The third-order valence-corrected chi connectivity index (χ3v) is 3.44. The van der Waals surface area contributed by atoms with Gasteiger partial charge in [0.15, 0.2) is 0 Å². The lowest BCUT2D eigenvalue weighted by Crippen LogP contribution is -2.45. The topological polar surface area (TPSA) is 43.8 Å². The standard InChI is InChI=1S/C12H24N2O2/c1-10(11(15)13(3)4)14-8-5-6-12(2,16)7-9-14/h10,16H,5-9H2,1-4H3. The Morgan fingerprint density at radius 1 is 1.38 bits per heavy atom. The van der Waals surface area contributed by atoms with Crippen molar-refractivity contribution in [3.05, 3.63) is 0 Å². The molecule has 0 radical (unpaired) electrons. The summed E-state index contributed by atoms with van der Waals surface area (Å²) in [6.07, 6.45) is 2.53. The Morgan fingerprint density at radius 2 is 2.00 bits per heavy atom. The fraction of sp³-hybridized carbons (Fsp3) is 0.917. The lowest BCUT2D eigenvalue weighted by molar-refractivity contribution is -0.133. The molecule has 1 saturated heterocycles. The van der Waals surface area contributed by atoms with Crippen molar-refractivity contribution < 1.29 is 9.90 Å². The highest BCUT2D eigenvalue weighted by Crippen LogP contribution is 2.22. The largest absolute Gasteiger partial charge is 0.390 e. The Morgan fingerprint density at radius 3 is 2.56 bits per heavy atom. The summed E-state index contributed by atoms with van der Waals surface area (Å²) in [7, 11) is 3.57.